The summed E-state index contributed by atoms with van der Waals surface area (Å²) in [6.07, 6.45) is 5.29. The average Bonchev–Trinajstić information content (AvgIpc) is 3.21. The maximum absolute atomic E-state index is 12.9. The van der Waals surface area contributed by atoms with Crippen LogP contribution in [0.5, 0.6) is 0 Å². The molecule has 0 aromatic carbocycles. The van der Waals surface area contributed by atoms with Crippen molar-refractivity contribution < 1.29 is 9.72 Å². The first kappa shape index (κ1) is 17.1. The fraction of sp³-hybridized carbons (Fsp3) is 0.667. The van der Waals surface area contributed by atoms with Gasteiger partial charge in [-0.25, -0.2) is 4.98 Å². The molecule has 0 spiro atoms. The van der Waals surface area contributed by atoms with Crippen molar-refractivity contribution in [3.05, 3.63) is 21.7 Å². The Morgan fingerprint density at radius 1 is 1.31 bits per heavy atom. The van der Waals surface area contributed by atoms with Gasteiger partial charge < -0.3 is 16.0 Å². The van der Waals surface area contributed by atoms with Crippen molar-refractivity contribution in [3.8, 4) is 0 Å². The van der Waals surface area contributed by atoms with Crippen LogP contribution in [0.15, 0.2) is 6.07 Å². The van der Waals surface area contributed by atoms with Gasteiger partial charge in [0.2, 0.25) is 5.82 Å². The Balaban J connectivity index is 1.60. The Kier molecular flexibility index (Phi) is 4.20. The zero-order valence-corrected chi connectivity index (χ0v) is 15.0. The van der Waals surface area contributed by atoms with Crippen molar-refractivity contribution in [1.29, 1.82) is 0 Å². The summed E-state index contributed by atoms with van der Waals surface area (Å²) in [4.78, 5) is 29.9. The number of nitrogen functional groups attached to an aromatic ring is 1. The summed E-state index contributed by atoms with van der Waals surface area (Å²) in [6, 6.07) is 1.41. The second kappa shape index (κ2) is 6.41. The predicted octanol–water partition coefficient (Wildman–Crippen LogP) is 2.34. The first-order valence-electron chi connectivity index (χ1n) is 9.43. The van der Waals surface area contributed by atoms with Crippen molar-refractivity contribution in [3.63, 3.8) is 0 Å². The Morgan fingerprint density at radius 3 is 2.58 bits per heavy atom. The Labute approximate surface area is 152 Å². The van der Waals surface area contributed by atoms with Crippen molar-refractivity contribution in [2.24, 2.45) is 17.8 Å². The van der Waals surface area contributed by atoms with Crippen LogP contribution < -0.4 is 16.0 Å². The van der Waals surface area contributed by atoms with Crippen LogP contribution in [0.4, 0.5) is 17.3 Å². The molecule has 4 rings (SSSR count). The molecule has 2 saturated carbocycles. The molecule has 26 heavy (non-hydrogen) atoms. The number of aromatic nitrogens is 1. The highest BCUT2D eigenvalue weighted by Crippen LogP contribution is 2.47. The summed E-state index contributed by atoms with van der Waals surface area (Å²) in [5, 5.41) is 14.3. The molecular formula is C18H25N5O3. The molecule has 8 nitrogen and oxygen atoms in total. The molecule has 1 aromatic rings. The standard InChI is InChI=1S/C18H25N5O3/c1-10-2-4-13(5-3-10)20-18(24)14-7-15(23(25)26)16(19)21-17(14)22-8-11-6-12(11)9-22/h7,10-13H,2-6,8-9H2,1H3,(H2,19,21)(H,20,24). The van der Waals surface area contributed by atoms with E-state index in [2.05, 4.69) is 22.1 Å². The van der Waals surface area contributed by atoms with Gasteiger partial charge >= 0.3 is 5.69 Å². The molecule has 2 aliphatic carbocycles. The van der Waals surface area contributed by atoms with Gasteiger partial charge in [0.15, 0.2) is 0 Å². The Morgan fingerprint density at radius 2 is 1.96 bits per heavy atom. The molecule has 3 fully saturated rings. The number of nitro groups is 1. The van der Waals surface area contributed by atoms with Crippen LogP contribution in [0, 0.1) is 27.9 Å². The van der Waals surface area contributed by atoms with Crippen LogP contribution in [0.1, 0.15) is 49.4 Å². The van der Waals surface area contributed by atoms with Crippen molar-refractivity contribution in [2.45, 2.75) is 45.1 Å². The molecular weight excluding hydrogens is 334 g/mol. The lowest BCUT2D eigenvalue weighted by Crippen LogP contribution is -2.38. The fourth-order valence-corrected chi connectivity index (χ4v) is 4.30. The van der Waals surface area contributed by atoms with E-state index in [0.29, 0.717) is 23.6 Å². The fourth-order valence-electron chi connectivity index (χ4n) is 4.30. The molecule has 1 saturated heterocycles. The summed E-state index contributed by atoms with van der Waals surface area (Å²) < 4.78 is 0. The lowest BCUT2D eigenvalue weighted by atomic mass is 9.87. The third kappa shape index (κ3) is 3.20. The molecule has 1 amide bonds. The van der Waals surface area contributed by atoms with Gasteiger partial charge in [-0.2, -0.15) is 0 Å². The normalized spacial score (nSPS) is 30.0. The number of pyridine rings is 1. The number of nitrogens with zero attached hydrogens (tertiary/aromatic N) is 3. The lowest BCUT2D eigenvalue weighted by molar-refractivity contribution is -0.384. The number of anilines is 2. The molecule has 1 aromatic heterocycles. The average molecular weight is 359 g/mol. The topological polar surface area (TPSA) is 114 Å². The first-order chi connectivity index (χ1) is 12.4. The van der Waals surface area contributed by atoms with E-state index in [1.54, 1.807) is 0 Å². The number of nitrogens with two attached hydrogens (primary N) is 1. The second-order valence-electron chi connectivity index (χ2n) is 8.11. The SMILES string of the molecule is CC1CCC(NC(=O)c2cc([N+](=O)[O-])c(N)nc2N2CC3CC3C2)CC1. The highest BCUT2D eigenvalue weighted by atomic mass is 16.6. The van der Waals surface area contributed by atoms with Crippen molar-refractivity contribution >= 4 is 23.2 Å². The van der Waals surface area contributed by atoms with E-state index in [1.807, 2.05) is 0 Å². The highest BCUT2D eigenvalue weighted by Gasteiger charge is 2.46. The number of hydrogen-bond acceptors (Lipinski definition) is 6. The first-order valence-corrected chi connectivity index (χ1v) is 9.43. The summed E-state index contributed by atoms with van der Waals surface area (Å²) in [5.41, 5.74) is 5.76. The maximum atomic E-state index is 12.9. The largest absolute Gasteiger partial charge is 0.378 e. The number of carbonyl (C=O) groups excluding carboxylic acids is 1. The number of piperidine rings is 1. The molecule has 2 atom stereocenters. The summed E-state index contributed by atoms with van der Waals surface area (Å²) in [5.74, 6) is 2.08. The minimum absolute atomic E-state index is 0.121. The number of amides is 1. The summed E-state index contributed by atoms with van der Waals surface area (Å²) in [7, 11) is 0. The minimum atomic E-state index is -0.577. The molecule has 2 unspecified atom stereocenters. The molecule has 2 heterocycles. The van der Waals surface area contributed by atoms with Gasteiger partial charge in [-0.1, -0.05) is 6.92 Å². The van der Waals surface area contributed by atoms with E-state index in [0.717, 1.165) is 38.8 Å². The number of hydrogen-bond donors (Lipinski definition) is 2. The molecule has 3 N–H and O–H groups in total. The Hall–Kier alpha value is -2.38. The van der Waals surface area contributed by atoms with Crippen LogP contribution >= 0.6 is 0 Å². The second-order valence-corrected chi connectivity index (χ2v) is 8.11. The lowest BCUT2D eigenvalue weighted by Gasteiger charge is -2.28. The molecule has 0 bridgehead atoms. The van der Waals surface area contributed by atoms with E-state index in [9.17, 15) is 14.9 Å². The van der Waals surface area contributed by atoms with Crippen LogP contribution in [-0.2, 0) is 0 Å². The Bertz CT molecular complexity index is 735. The number of nitrogens with one attached hydrogen (secondary N) is 1. The highest BCUT2D eigenvalue weighted by molar-refractivity contribution is 6.00. The third-order valence-corrected chi connectivity index (χ3v) is 6.08. The van der Waals surface area contributed by atoms with Gasteiger partial charge in [0.25, 0.3) is 5.91 Å². The van der Waals surface area contributed by atoms with Crippen molar-refractivity contribution in [1.82, 2.24) is 10.3 Å². The van der Waals surface area contributed by atoms with Gasteiger partial charge in [-0.05, 0) is 49.9 Å². The zero-order chi connectivity index (χ0) is 18.4. The number of fused-ring (bicyclic) bond motifs is 1. The van der Waals surface area contributed by atoms with Gasteiger partial charge in [0, 0.05) is 25.2 Å². The summed E-state index contributed by atoms with van der Waals surface area (Å²) >= 11 is 0. The van der Waals surface area contributed by atoms with Gasteiger partial charge in [0.05, 0.1) is 10.5 Å². The smallest absolute Gasteiger partial charge is 0.312 e. The summed E-state index contributed by atoms with van der Waals surface area (Å²) in [6.45, 7) is 3.91. The quantitative estimate of drug-likeness (QED) is 0.630. The molecule has 1 aliphatic heterocycles. The van der Waals surface area contributed by atoms with Gasteiger partial charge in [-0.3, -0.25) is 14.9 Å². The monoisotopic (exact) mass is 359 g/mol. The minimum Gasteiger partial charge on any atom is -0.378 e. The molecule has 140 valence electrons. The van der Waals surface area contributed by atoms with Crippen LogP contribution in [0.3, 0.4) is 0 Å². The van der Waals surface area contributed by atoms with E-state index in [-0.39, 0.29) is 29.0 Å². The van der Waals surface area contributed by atoms with E-state index >= 15 is 0 Å². The van der Waals surface area contributed by atoms with Gasteiger partial charge in [0.1, 0.15) is 5.82 Å². The van der Waals surface area contributed by atoms with Gasteiger partial charge in [-0.15, -0.1) is 0 Å². The molecule has 8 heteroatoms. The zero-order valence-electron chi connectivity index (χ0n) is 15.0. The third-order valence-electron chi connectivity index (χ3n) is 6.08. The van der Waals surface area contributed by atoms with E-state index < -0.39 is 4.92 Å². The van der Waals surface area contributed by atoms with Crippen molar-refractivity contribution in [2.75, 3.05) is 23.7 Å². The molecule has 3 aliphatic rings. The van der Waals surface area contributed by atoms with Crippen LogP contribution in [-0.4, -0.2) is 34.9 Å². The maximum Gasteiger partial charge on any atom is 0.312 e. The van der Waals surface area contributed by atoms with E-state index in [1.165, 1.54) is 12.5 Å². The number of rotatable bonds is 4. The van der Waals surface area contributed by atoms with Crippen LogP contribution in [0.25, 0.3) is 0 Å². The number of carbonyl (C=O) groups is 1. The van der Waals surface area contributed by atoms with Crippen LogP contribution in [0.2, 0.25) is 0 Å². The predicted molar refractivity (Wildman–Crippen MR) is 98.0 cm³/mol. The van der Waals surface area contributed by atoms with E-state index in [4.69, 9.17) is 5.73 Å². The molecule has 0 radical (unpaired) electrons.